The van der Waals surface area contributed by atoms with Crippen molar-refractivity contribution < 1.29 is 9.57 Å². The minimum absolute atomic E-state index is 0.407. The number of benzene rings is 2. The van der Waals surface area contributed by atoms with Gasteiger partial charge in [-0.1, -0.05) is 60.6 Å². The summed E-state index contributed by atoms with van der Waals surface area (Å²) in [5, 5.41) is 4.27. The van der Waals surface area contributed by atoms with Crippen LogP contribution in [0.4, 0.5) is 0 Å². The first-order valence-electron chi connectivity index (χ1n) is 8.75. The van der Waals surface area contributed by atoms with Gasteiger partial charge in [0.05, 0.1) is 11.4 Å². The molecule has 0 radical (unpaired) electrons. The van der Waals surface area contributed by atoms with Crippen LogP contribution in [-0.4, -0.2) is 23.9 Å². The second-order valence-corrected chi connectivity index (χ2v) is 5.68. The first-order valence-corrected chi connectivity index (χ1v) is 8.75. The number of rotatable bonds is 8. The molecule has 1 heterocycles. The molecule has 0 aliphatic rings. The maximum atomic E-state index is 5.59. The molecular formula is C22H22N2O2. The van der Waals surface area contributed by atoms with E-state index in [1.165, 1.54) is 0 Å². The number of hydrogen-bond acceptors (Lipinski definition) is 4. The summed E-state index contributed by atoms with van der Waals surface area (Å²) in [7, 11) is 0. The molecule has 0 saturated heterocycles. The van der Waals surface area contributed by atoms with Crippen LogP contribution < -0.4 is 4.74 Å². The monoisotopic (exact) mass is 346 g/mol. The zero-order valence-corrected chi connectivity index (χ0v) is 14.8. The number of oxime groups is 1. The van der Waals surface area contributed by atoms with Gasteiger partial charge in [-0.3, -0.25) is 4.98 Å². The molecule has 0 unspecified atom stereocenters. The third kappa shape index (κ3) is 4.93. The Labute approximate surface area is 154 Å². The van der Waals surface area contributed by atoms with E-state index in [0.29, 0.717) is 13.2 Å². The highest BCUT2D eigenvalue weighted by molar-refractivity contribution is 6.00. The normalized spacial score (nSPS) is 11.2. The maximum absolute atomic E-state index is 5.59. The fraction of sp³-hybridized carbons (Fsp3) is 0.182. The molecule has 0 spiro atoms. The molecule has 1 aromatic heterocycles. The predicted octanol–water partition coefficient (Wildman–Crippen LogP) is 4.96. The van der Waals surface area contributed by atoms with E-state index in [0.717, 1.165) is 34.7 Å². The van der Waals surface area contributed by atoms with Crippen molar-refractivity contribution in [2.75, 3.05) is 13.2 Å². The lowest BCUT2D eigenvalue weighted by Gasteiger charge is -2.07. The average molecular weight is 346 g/mol. The fourth-order valence-electron chi connectivity index (χ4n) is 2.53. The first kappa shape index (κ1) is 17.7. The van der Waals surface area contributed by atoms with Crippen LogP contribution in [0, 0.1) is 0 Å². The summed E-state index contributed by atoms with van der Waals surface area (Å²) < 4.78 is 5.59. The summed E-state index contributed by atoms with van der Waals surface area (Å²) in [5.74, 6) is 0.834. The Hall–Kier alpha value is -3.14. The van der Waals surface area contributed by atoms with Gasteiger partial charge < -0.3 is 9.57 Å². The molecule has 4 nitrogen and oxygen atoms in total. The Morgan fingerprint density at radius 3 is 2.35 bits per heavy atom. The van der Waals surface area contributed by atoms with Crippen molar-refractivity contribution in [1.82, 2.24) is 4.98 Å². The summed E-state index contributed by atoms with van der Waals surface area (Å²) in [5.41, 5.74) is 4.01. The second-order valence-electron chi connectivity index (χ2n) is 5.68. The highest BCUT2D eigenvalue weighted by Gasteiger charge is 2.04. The summed E-state index contributed by atoms with van der Waals surface area (Å²) in [6, 6.07) is 23.8. The molecule has 0 atom stereocenters. The van der Waals surface area contributed by atoms with Crippen LogP contribution >= 0.6 is 0 Å². The molecule has 132 valence electrons. The Balaban J connectivity index is 1.55. The summed E-state index contributed by atoms with van der Waals surface area (Å²) >= 11 is 0. The van der Waals surface area contributed by atoms with E-state index in [9.17, 15) is 0 Å². The first-order chi connectivity index (χ1) is 12.9. The van der Waals surface area contributed by atoms with Crippen LogP contribution in [0.3, 0.4) is 0 Å². The summed E-state index contributed by atoms with van der Waals surface area (Å²) in [6.45, 7) is 2.93. The Bertz CT molecular complexity index is 816. The number of hydrogen-bond donors (Lipinski definition) is 0. The van der Waals surface area contributed by atoms with E-state index in [-0.39, 0.29) is 0 Å². The van der Waals surface area contributed by atoms with Crippen molar-refractivity contribution in [2.24, 2.45) is 5.16 Å². The fourth-order valence-corrected chi connectivity index (χ4v) is 2.53. The Morgan fingerprint density at radius 2 is 1.65 bits per heavy atom. The van der Waals surface area contributed by atoms with Gasteiger partial charge >= 0.3 is 0 Å². The number of para-hydroxylation sites is 1. The predicted molar refractivity (Wildman–Crippen MR) is 104 cm³/mol. The summed E-state index contributed by atoms with van der Waals surface area (Å²) in [6.07, 6.45) is 2.59. The Morgan fingerprint density at radius 1 is 0.885 bits per heavy atom. The molecule has 0 amide bonds. The highest BCUT2D eigenvalue weighted by atomic mass is 16.6. The van der Waals surface area contributed by atoms with E-state index in [1.807, 2.05) is 48.5 Å². The number of ether oxygens (including phenoxy) is 1. The highest BCUT2D eigenvalue weighted by Crippen LogP contribution is 2.18. The third-order valence-electron chi connectivity index (χ3n) is 3.87. The van der Waals surface area contributed by atoms with E-state index in [4.69, 9.17) is 9.57 Å². The van der Waals surface area contributed by atoms with Crippen LogP contribution in [0.1, 0.15) is 18.9 Å². The van der Waals surface area contributed by atoms with Crippen LogP contribution in [0.5, 0.6) is 5.75 Å². The van der Waals surface area contributed by atoms with Gasteiger partial charge in [0.2, 0.25) is 0 Å². The molecule has 0 aliphatic carbocycles. The van der Waals surface area contributed by atoms with Crippen LogP contribution in [0.2, 0.25) is 0 Å². The molecule has 0 bridgehead atoms. The topological polar surface area (TPSA) is 43.7 Å². The lowest BCUT2D eigenvalue weighted by Crippen LogP contribution is -2.06. The number of aromatic nitrogens is 1. The second kappa shape index (κ2) is 9.37. The zero-order chi connectivity index (χ0) is 18.0. The molecule has 3 rings (SSSR count). The van der Waals surface area contributed by atoms with Crippen molar-refractivity contribution in [3.05, 3.63) is 84.6 Å². The molecule has 0 fully saturated rings. The van der Waals surface area contributed by atoms with E-state index >= 15 is 0 Å². The minimum Gasteiger partial charge on any atom is -0.490 e. The molecule has 4 heteroatoms. The zero-order valence-electron chi connectivity index (χ0n) is 14.8. The van der Waals surface area contributed by atoms with E-state index in [2.05, 4.69) is 41.3 Å². The number of pyridine rings is 1. The van der Waals surface area contributed by atoms with Gasteiger partial charge in [-0.25, -0.2) is 0 Å². The van der Waals surface area contributed by atoms with Crippen molar-refractivity contribution in [3.63, 3.8) is 0 Å². The molecular weight excluding hydrogens is 324 g/mol. The van der Waals surface area contributed by atoms with Gasteiger partial charge in [0.1, 0.15) is 12.4 Å². The van der Waals surface area contributed by atoms with Gasteiger partial charge in [-0.2, -0.15) is 0 Å². The van der Waals surface area contributed by atoms with Crippen LogP contribution in [0.25, 0.3) is 11.3 Å². The van der Waals surface area contributed by atoms with Crippen LogP contribution in [0.15, 0.2) is 84.1 Å². The van der Waals surface area contributed by atoms with Crippen LogP contribution in [-0.2, 0) is 4.84 Å². The van der Waals surface area contributed by atoms with Crippen molar-refractivity contribution >= 4 is 5.71 Å². The number of nitrogens with zero attached hydrogens (tertiary/aromatic N) is 2. The molecule has 3 aromatic rings. The molecule has 2 aromatic carbocycles. The third-order valence-corrected chi connectivity index (χ3v) is 3.87. The maximum Gasteiger partial charge on any atom is 0.151 e. The van der Waals surface area contributed by atoms with E-state index < -0.39 is 0 Å². The molecule has 0 N–H and O–H groups in total. The lowest BCUT2D eigenvalue weighted by molar-refractivity contribution is 0.107. The minimum atomic E-state index is 0.407. The van der Waals surface area contributed by atoms with Crippen molar-refractivity contribution in [2.45, 2.75) is 13.3 Å². The van der Waals surface area contributed by atoms with Gasteiger partial charge in [-0.05, 0) is 36.2 Å². The van der Waals surface area contributed by atoms with Gasteiger partial charge in [0.15, 0.2) is 6.61 Å². The SMILES string of the molecule is CC/C(=N\OCCOc1ccccc1)c1ccc(-c2ccccn2)cc1. The molecule has 26 heavy (non-hydrogen) atoms. The van der Waals surface area contributed by atoms with Gasteiger partial charge in [0, 0.05) is 11.8 Å². The summed E-state index contributed by atoms with van der Waals surface area (Å²) in [4.78, 5) is 9.80. The van der Waals surface area contributed by atoms with E-state index in [1.54, 1.807) is 6.20 Å². The standard InChI is InChI=1S/C22H22N2O2/c1-2-21(24-26-17-16-25-20-8-4-3-5-9-20)18-11-13-19(14-12-18)22-10-6-7-15-23-22/h3-15H,2,16-17H2,1H3/b24-21+. The van der Waals surface area contributed by atoms with Gasteiger partial charge in [-0.15, -0.1) is 0 Å². The van der Waals surface area contributed by atoms with Crippen molar-refractivity contribution in [1.29, 1.82) is 0 Å². The molecule has 0 saturated carbocycles. The van der Waals surface area contributed by atoms with Gasteiger partial charge in [0.25, 0.3) is 0 Å². The quantitative estimate of drug-likeness (QED) is 0.329. The Kier molecular flexibility index (Phi) is 6.37. The average Bonchev–Trinajstić information content (AvgIpc) is 2.72. The largest absolute Gasteiger partial charge is 0.490 e. The smallest absolute Gasteiger partial charge is 0.151 e. The van der Waals surface area contributed by atoms with Crippen molar-refractivity contribution in [3.8, 4) is 17.0 Å². The lowest BCUT2D eigenvalue weighted by atomic mass is 10.0. The molecule has 0 aliphatic heterocycles.